The van der Waals surface area contributed by atoms with Crippen molar-refractivity contribution in [2.75, 3.05) is 25.1 Å². The lowest BCUT2D eigenvalue weighted by Gasteiger charge is -2.14. The highest BCUT2D eigenvalue weighted by molar-refractivity contribution is 7.80. The monoisotopic (exact) mass is 378 g/mol. The molecule has 0 saturated carbocycles. The van der Waals surface area contributed by atoms with Crippen molar-refractivity contribution in [3.05, 3.63) is 59.1 Å². The summed E-state index contributed by atoms with van der Waals surface area (Å²) in [5.74, 6) is 0.314. The minimum absolute atomic E-state index is 0.181. The number of para-hydroxylation sites is 2. The van der Waals surface area contributed by atoms with Crippen molar-refractivity contribution in [3.8, 4) is 5.75 Å². The Morgan fingerprint density at radius 1 is 1.12 bits per heavy atom. The molecule has 0 aliphatic carbocycles. The molecule has 0 bridgehead atoms. The molecular weight excluding hydrogens is 360 g/mol. The van der Waals surface area contributed by atoms with Gasteiger partial charge in [0.25, 0.3) is 5.91 Å². The van der Waals surface area contributed by atoms with Crippen LogP contribution in [0.1, 0.15) is 17.3 Å². The fraction of sp³-hybridized carbons (Fsp3) is 0.222. The van der Waals surface area contributed by atoms with Crippen molar-refractivity contribution in [2.24, 2.45) is 0 Å². The highest BCUT2D eigenvalue weighted by atomic mass is 35.5. The SMILES string of the molecule is CCOCCOc1ccccc1NC(=S)NC(=O)c1ccc(Cl)cc1. The van der Waals surface area contributed by atoms with E-state index in [0.717, 1.165) is 0 Å². The van der Waals surface area contributed by atoms with E-state index >= 15 is 0 Å². The summed E-state index contributed by atoms with van der Waals surface area (Å²) in [6.45, 7) is 3.50. The number of benzene rings is 2. The number of halogens is 1. The summed E-state index contributed by atoms with van der Waals surface area (Å²) in [7, 11) is 0. The van der Waals surface area contributed by atoms with Gasteiger partial charge in [-0.15, -0.1) is 0 Å². The maximum absolute atomic E-state index is 12.2. The number of hydrogen-bond acceptors (Lipinski definition) is 4. The van der Waals surface area contributed by atoms with Gasteiger partial charge in [-0.1, -0.05) is 23.7 Å². The van der Waals surface area contributed by atoms with Gasteiger partial charge in [0.15, 0.2) is 5.11 Å². The van der Waals surface area contributed by atoms with E-state index in [1.165, 1.54) is 0 Å². The van der Waals surface area contributed by atoms with Gasteiger partial charge in [-0.05, 0) is 55.5 Å². The van der Waals surface area contributed by atoms with Gasteiger partial charge in [0.1, 0.15) is 12.4 Å². The summed E-state index contributed by atoms with van der Waals surface area (Å²) >= 11 is 11.0. The zero-order valence-electron chi connectivity index (χ0n) is 13.8. The van der Waals surface area contributed by atoms with E-state index in [4.69, 9.17) is 33.3 Å². The van der Waals surface area contributed by atoms with Crippen LogP contribution in [0.25, 0.3) is 0 Å². The number of rotatable bonds is 7. The van der Waals surface area contributed by atoms with Gasteiger partial charge >= 0.3 is 0 Å². The number of amides is 1. The van der Waals surface area contributed by atoms with E-state index in [2.05, 4.69) is 10.6 Å². The molecular formula is C18H19ClN2O3S. The van der Waals surface area contributed by atoms with E-state index in [9.17, 15) is 4.79 Å². The number of hydrogen-bond donors (Lipinski definition) is 2. The van der Waals surface area contributed by atoms with Crippen LogP contribution < -0.4 is 15.4 Å². The molecule has 0 aliphatic heterocycles. The van der Waals surface area contributed by atoms with Gasteiger partial charge in [0, 0.05) is 17.2 Å². The van der Waals surface area contributed by atoms with E-state index < -0.39 is 0 Å². The predicted octanol–water partition coefficient (Wildman–Crippen LogP) is 3.88. The van der Waals surface area contributed by atoms with Gasteiger partial charge in [0.05, 0.1) is 12.3 Å². The highest BCUT2D eigenvalue weighted by Gasteiger charge is 2.10. The second kappa shape index (κ2) is 9.98. The van der Waals surface area contributed by atoms with Crippen molar-refractivity contribution in [1.29, 1.82) is 0 Å². The normalized spacial score (nSPS) is 10.2. The first-order chi connectivity index (χ1) is 12.1. The number of nitrogens with one attached hydrogen (secondary N) is 2. The lowest BCUT2D eigenvalue weighted by molar-refractivity contribution is 0.0977. The minimum Gasteiger partial charge on any atom is -0.489 e. The number of ether oxygens (including phenoxy) is 2. The molecule has 132 valence electrons. The average Bonchev–Trinajstić information content (AvgIpc) is 2.60. The maximum atomic E-state index is 12.2. The standard InChI is InChI=1S/C18H19ClN2O3S/c1-2-23-11-12-24-16-6-4-3-5-15(16)20-18(25)21-17(22)13-7-9-14(19)10-8-13/h3-10H,2,11-12H2,1H3,(H2,20,21,22,25). The fourth-order valence-electron chi connectivity index (χ4n) is 1.98. The van der Waals surface area contributed by atoms with Crippen LogP contribution in [0.5, 0.6) is 5.75 Å². The minimum atomic E-state index is -0.316. The van der Waals surface area contributed by atoms with Crippen LogP contribution in [0.3, 0.4) is 0 Å². The van der Waals surface area contributed by atoms with Crippen LogP contribution in [-0.4, -0.2) is 30.8 Å². The largest absolute Gasteiger partial charge is 0.489 e. The zero-order valence-corrected chi connectivity index (χ0v) is 15.3. The Morgan fingerprint density at radius 3 is 2.56 bits per heavy atom. The number of carbonyl (C=O) groups excluding carboxylic acids is 1. The zero-order chi connectivity index (χ0) is 18.1. The Bertz CT molecular complexity index is 723. The van der Waals surface area contributed by atoms with Crippen molar-refractivity contribution in [3.63, 3.8) is 0 Å². The molecule has 0 radical (unpaired) electrons. The van der Waals surface area contributed by atoms with Crippen LogP contribution in [0.2, 0.25) is 5.02 Å². The third-order valence-electron chi connectivity index (χ3n) is 3.16. The first kappa shape index (κ1) is 19.2. The average molecular weight is 379 g/mol. The molecule has 0 saturated heterocycles. The molecule has 25 heavy (non-hydrogen) atoms. The van der Waals surface area contributed by atoms with E-state index in [1.54, 1.807) is 24.3 Å². The van der Waals surface area contributed by atoms with Crippen molar-refractivity contribution >= 4 is 40.5 Å². The predicted molar refractivity (Wildman–Crippen MR) is 104 cm³/mol. The Morgan fingerprint density at radius 2 is 1.84 bits per heavy atom. The molecule has 2 aromatic carbocycles. The molecule has 0 aliphatic rings. The molecule has 0 unspecified atom stereocenters. The topological polar surface area (TPSA) is 59.6 Å². The van der Waals surface area contributed by atoms with Gasteiger partial charge in [-0.3, -0.25) is 10.1 Å². The molecule has 0 aromatic heterocycles. The lowest BCUT2D eigenvalue weighted by Crippen LogP contribution is -2.34. The molecule has 2 aromatic rings. The fourth-order valence-corrected chi connectivity index (χ4v) is 2.31. The first-order valence-electron chi connectivity index (χ1n) is 7.77. The summed E-state index contributed by atoms with van der Waals surface area (Å²) in [4.78, 5) is 12.2. The van der Waals surface area contributed by atoms with E-state index in [0.29, 0.717) is 41.8 Å². The summed E-state index contributed by atoms with van der Waals surface area (Å²) < 4.78 is 10.9. The summed E-state index contributed by atoms with van der Waals surface area (Å²) in [6, 6.07) is 13.9. The van der Waals surface area contributed by atoms with Crippen molar-refractivity contribution in [1.82, 2.24) is 5.32 Å². The molecule has 0 spiro atoms. The van der Waals surface area contributed by atoms with E-state index in [1.807, 2.05) is 31.2 Å². The second-order valence-electron chi connectivity index (χ2n) is 4.96. The van der Waals surface area contributed by atoms with Gasteiger partial charge < -0.3 is 14.8 Å². The van der Waals surface area contributed by atoms with Crippen molar-refractivity contribution < 1.29 is 14.3 Å². The van der Waals surface area contributed by atoms with Crippen LogP contribution in [0.15, 0.2) is 48.5 Å². The van der Waals surface area contributed by atoms with Gasteiger partial charge in [-0.2, -0.15) is 0 Å². The highest BCUT2D eigenvalue weighted by Crippen LogP contribution is 2.23. The third kappa shape index (κ3) is 6.34. The number of anilines is 1. The Labute approximate surface area is 157 Å². The molecule has 0 atom stereocenters. The van der Waals surface area contributed by atoms with E-state index in [-0.39, 0.29) is 11.0 Å². The van der Waals surface area contributed by atoms with Gasteiger partial charge in [0.2, 0.25) is 0 Å². The molecule has 5 nitrogen and oxygen atoms in total. The summed E-state index contributed by atoms with van der Waals surface area (Å²) in [5, 5.41) is 6.34. The molecule has 2 N–H and O–H groups in total. The second-order valence-corrected chi connectivity index (χ2v) is 5.80. The Hall–Kier alpha value is -2.15. The smallest absolute Gasteiger partial charge is 0.257 e. The third-order valence-corrected chi connectivity index (χ3v) is 3.61. The summed E-state index contributed by atoms with van der Waals surface area (Å²) in [5.41, 5.74) is 1.13. The van der Waals surface area contributed by atoms with Crippen LogP contribution in [0, 0.1) is 0 Å². The molecule has 0 fully saturated rings. The summed E-state index contributed by atoms with van der Waals surface area (Å²) in [6.07, 6.45) is 0. The lowest BCUT2D eigenvalue weighted by atomic mass is 10.2. The molecule has 0 heterocycles. The van der Waals surface area contributed by atoms with Gasteiger partial charge in [-0.25, -0.2) is 0 Å². The molecule has 7 heteroatoms. The first-order valence-corrected chi connectivity index (χ1v) is 8.56. The molecule has 1 amide bonds. The molecule has 2 rings (SSSR count). The van der Waals surface area contributed by atoms with Crippen molar-refractivity contribution in [2.45, 2.75) is 6.92 Å². The Kier molecular flexibility index (Phi) is 7.66. The van der Waals surface area contributed by atoms with Crippen LogP contribution in [-0.2, 0) is 4.74 Å². The van der Waals surface area contributed by atoms with Crippen LogP contribution in [0.4, 0.5) is 5.69 Å². The maximum Gasteiger partial charge on any atom is 0.257 e. The number of carbonyl (C=O) groups is 1. The quantitative estimate of drug-likeness (QED) is 0.565. The Balaban J connectivity index is 1.93. The van der Waals surface area contributed by atoms with Crippen LogP contribution >= 0.6 is 23.8 Å². The number of thiocarbonyl (C=S) groups is 1.